The predicted octanol–water partition coefficient (Wildman–Crippen LogP) is 3.07. The van der Waals surface area contributed by atoms with Crippen molar-refractivity contribution in [3.63, 3.8) is 0 Å². The standard InChI is InChI=1S/C16H19BrN2O/c1-20-16-9-5-3-7-13(16)11-14(19-18)10-12-6-2-4-8-15(12)17/h2-9,14,19H,10-11,18H2,1H3. The van der Waals surface area contributed by atoms with Crippen LogP contribution in [0.5, 0.6) is 5.75 Å². The van der Waals surface area contributed by atoms with Crippen LogP contribution >= 0.6 is 15.9 Å². The maximum absolute atomic E-state index is 5.70. The van der Waals surface area contributed by atoms with Crippen LogP contribution in [0.15, 0.2) is 53.0 Å². The van der Waals surface area contributed by atoms with Crippen molar-refractivity contribution in [1.29, 1.82) is 0 Å². The normalized spacial score (nSPS) is 12.2. The smallest absolute Gasteiger partial charge is 0.122 e. The van der Waals surface area contributed by atoms with Gasteiger partial charge in [-0.2, -0.15) is 0 Å². The Balaban J connectivity index is 2.11. The molecule has 2 aromatic rings. The van der Waals surface area contributed by atoms with Crippen molar-refractivity contribution in [2.45, 2.75) is 18.9 Å². The Kier molecular flexibility index (Phi) is 5.59. The van der Waals surface area contributed by atoms with Crippen molar-refractivity contribution < 1.29 is 4.74 Å². The van der Waals surface area contributed by atoms with Crippen LogP contribution in [0.25, 0.3) is 0 Å². The zero-order valence-electron chi connectivity index (χ0n) is 11.5. The third-order valence-electron chi connectivity index (χ3n) is 3.32. The molecule has 0 radical (unpaired) electrons. The van der Waals surface area contributed by atoms with Gasteiger partial charge in [-0.25, -0.2) is 0 Å². The fourth-order valence-corrected chi connectivity index (χ4v) is 2.70. The van der Waals surface area contributed by atoms with Crippen LogP contribution in [0.2, 0.25) is 0 Å². The number of para-hydroxylation sites is 1. The van der Waals surface area contributed by atoms with Gasteiger partial charge in [0, 0.05) is 10.5 Å². The molecule has 1 unspecified atom stereocenters. The van der Waals surface area contributed by atoms with E-state index in [1.807, 2.05) is 36.4 Å². The van der Waals surface area contributed by atoms with E-state index in [0.717, 1.165) is 28.6 Å². The summed E-state index contributed by atoms with van der Waals surface area (Å²) in [5.41, 5.74) is 5.30. The Morgan fingerprint density at radius 3 is 2.30 bits per heavy atom. The highest BCUT2D eigenvalue weighted by Gasteiger charge is 2.13. The van der Waals surface area contributed by atoms with Gasteiger partial charge in [-0.15, -0.1) is 0 Å². The minimum Gasteiger partial charge on any atom is -0.496 e. The van der Waals surface area contributed by atoms with Gasteiger partial charge in [-0.3, -0.25) is 11.3 Å². The van der Waals surface area contributed by atoms with Gasteiger partial charge >= 0.3 is 0 Å². The van der Waals surface area contributed by atoms with Gasteiger partial charge in [-0.1, -0.05) is 52.3 Å². The highest BCUT2D eigenvalue weighted by Crippen LogP contribution is 2.22. The SMILES string of the molecule is COc1ccccc1CC(Cc1ccccc1Br)NN. The molecule has 0 saturated heterocycles. The monoisotopic (exact) mass is 334 g/mol. The van der Waals surface area contributed by atoms with Crippen LogP contribution in [0.3, 0.4) is 0 Å². The second kappa shape index (κ2) is 7.43. The van der Waals surface area contributed by atoms with E-state index in [2.05, 4.69) is 33.5 Å². The second-order valence-electron chi connectivity index (χ2n) is 4.68. The van der Waals surface area contributed by atoms with Gasteiger partial charge in [0.2, 0.25) is 0 Å². The van der Waals surface area contributed by atoms with Crippen LogP contribution < -0.4 is 16.0 Å². The van der Waals surface area contributed by atoms with E-state index in [-0.39, 0.29) is 6.04 Å². The minimum absolute atomic E-state index is 0.157. The molecule has 0 amide bonds. The number of hydrogen-bond acceptors (Lipinski definition) is 3. The Morgan fingerprint density at radius 2 is 1.65 bits per heavy atom. The molecular formula is C16H19BrN2O. The molecule has 3 nitrogen and oxygen atoms in total. The lowest BCUT2D eigenvalue weighted by molar-refractivity contribution is 0.404. The first kappa shape index (κ1) is 15.0. The molecule has 0 fully saturated rings. The zero-order valence-corrected chi connectivity index (χ0v) is 13.1. The van der Waals surface area contributed by atoms with Crippen LogP contribution in [-0.2, 0) is 12.8 Å². The number of hydrazine groups is 1. The van der Waals surface area contributed by atoms with E-state index in [9.17, 15) is 0 Å². The molecule has 0 aromatic heterocycles. The molecule has 0 bridgehead atoms. The molecule has 106 valence electrons. The zero-order chi connectivity index (χ0) is 14.4. The Bertz CT molecular complexity index is 560. The number of halogens is 1. The Hall–Kier alpha value is -1.36. The number of hydrogen-bond donors (Lipinski definition) is 2. The molecule has 4 heteroatoms. The van der Waals surface area contributed by atoms with E-state index in [0.29, 0.717) is 0 Å². The van der Waals surface area contributed by atoms with Gasteiger partial charge < -0.3 is 4.74 Å². The first-order chi connectivity index (χ1) is 9.74. The number of nitrogens with one attached hydrogen (secondary N) is 1. The van der Waals surface area contributed by atoms with Crippen molar-refractivity contribution in [3.05, 3.63) is 64.1 Å². The number of benzene rings is 2. The summed E-state index contributed by atoms with van der Waals surface area (Å²) in [7, 11) is 1.69. The average molecular weight is 335 g/mol. The molecule has 0 heterocycles. The van der Waals surface area contributed by atoms with Crippen LogP contribution in [0.4, 0.5) is 0 Å². The lowest BCUT2D eigenvalue weighted by Gasteiger charge is -2.18. The summed E-state index contributed by atoms with van der Waals surface area (Å²) < 4.78 is 6.50. The lowest BCUT2D eigenvalue weighted by Crippen LogP contribution is -2.38. The average Bonchev–Trinajstić information content (AvgIpc) is 2.49. The summed E-state index contributed by atoms with van der Waals surface area (Å²) in [6.45, 7) is 0. The van der Waals surface area contributed by atoms with Crippen molar-refractivity contribution in [1.82, 2.24) is 5.43 Å². The summed E-state index contributed by atoms with van der Waals surface area (Å²) in [5, 5.41) is 0. The van der Waals surface area contributed by atoms with Crippen molar-refractivity contribution in [2.75, 3.05) is 7.11 Å². The number of ether oxygens (including phenoxy) is 1. The summed E-state index contributed by atoms with van der Waals surface area (Å²) in [4.78, 5) is 0. The van der Waals surface area contributed by atoms with Crippen molar-refractivity contribution >= 4 is 15.9 Å². The lowest BCUT2D eigenvalue weighted by atomic mass is 9.99. The van der Waals surface area contributed by atoms with Gasteiger partial charge in [0.15, 0.2) is 0 Å². The van der Waals surface area contributed by atoms with E-state index in [1.54, 1.807) is 7.11 Å². The topological polar surface area (TPSA) is 47.3 Å². The molecule has 2 rings (SSSR count). The number of rotatable bonds is 6. The molecular weight excluding hydrogens is 316 g/mol. The Morgan fingerprint density at radius 1 is 1.05 bits per heavy atom. The van der Waals surface area contributed by atoms with Crippen molar-refractivity contribution in [2.24, 2.45) is 5.84 Å². The van der Waals surface area contributed by atoms with E-state index >= 15 is 0 Å². The van der Waals surface area contributed by atoms with Crippen LogP contribution in [-0.4, -0.2) is 13.2 Å². The van der Waals surface area contributed by atoms with E-state index in [4.69, 9.17) is 10.6 Å². The molecule has 3 N–H and O–H groups in total. The molecule has 0 aliphatic carbocycles. The number of nitrogens with two attached hydrogens (primary N) is 1. The molecule has 0 saturated carbocycles. The molecule has 0 spiro atoms. The summed E-state index contributed by atoms with van der Waals surface area (Å²) in [6.07, 6.45) is 1.68. The van der Waals surface area contributed by atoms with Gasteiger partial charge in [0.25, 0.3) is 0 Å². The Labute approximate surface area is 128 Å². The third kappa shape index (κ3) is 3.82. The molecule has 1 atom stereocenters. The van der Waals surface area contributed by atoms with E-state index in [1.165, 1.54) is 5.56 Å². The largest absolute Gasteiger partial charge is 0.496 e. The third-order valence-corrected chi connectivity index (χ3v) is 4.09. The summed E-state index contributed by atoms with van der Waals surface area (Å²) in [5.74, 6) is 6.61. The predicted molar refractivity (Wildman–Crippen MR) is 85.7 cm³/mol. The number of methoxy groups -OCH3 is 1. The fourth-order valence-electron chi connectivity index (χ4n) is 2.26. The van der Waals surface area contributed by atoms with Gasteiger partial charge in [-0.05, 0) is 36.1 Å². The minimum atomic E-state index is 0.157. The summed E-state index contributed by atoms with van der Waals surface area (Å²) in [6, 6.07) is 16.4. The first-order valence-electron chi connectivity index (χ1n) is 6.56. The summed E-state index contributed by atoms with van der Waals surface area (Å²) >= 11 is 3.57. The maximum Gasteiger partial charge on any atom is 0.122 e. The van der Waals surface area contributed by atoms with Gasteiger partial charge in [0.05, 0.1) is 7.11 Å². The highest BCUT2D eigenvalue weighted by molar-refractivity contribution is 9.10. The van der Waals surface area contributed by atoms with E-state index < -0.39 is 0 Å². The van der Waals surface area contributed by atoms with Crippen LogP contribution in [0, 0.1) is 0 Å². The van der Waals surface area contributed by atoms with Crippen LogP contribution in [0.1, 0.15) is 11.1 Å². The molecule has 0 aliphatic heterocycles. The highest BCUT2D eigenvalue weighted by atomic mass is 79.9. The fraction of sp³-hybridized carbons (Fsp3) is 0.250. The first-order valence-corrected chi connectivity index (χ1v) is 7.35. The molecule has 20 heavy (non-hydrogen) atoms. The quantitative estimate of drug-likeness (QED) is 0.630. The second-order valence-corrected chi connectivity index (χ2v) is 5.53. The maximum atomic E-state index is 5.70. The van der Waals surface area contributed by atoms with Gasteiger partial charge in [0.1, 0.15) is 5.75 Å². The van der Waals surface area contributed by atoms with Crippen molar-refractivity contribution in [3.8, 4) is 5.75 Å². The molecule has 0 aliphatic rings. The molecule has 2 aromatic carbocycles.